The number of benzene rings is 2. The van der Waals surface area contributed by atoms with Crippen molar-refractivity contribution in [1.82, 2.24) is 14.7 Å². The Morgan fingerprint density at radius 2 is 1.89 bits per heavy atom. The molecule has 0 saturated carbocycles. The van der Waals surface area contributed by atoms with Gasteiger partial charge in [0.15, 0.2) is 6.10 Å². The van der Waals surface area contributed by atoms with Crippen LogP contribution < -0.4 is 10.5 Å². The van der Waals surface area contributed by atoms with E-state index < -0.39 is 35.7 Å². The van der Waals surface area contributed by atoms with Crippen molar-refractivity contribution >= 4 is 16.8 Å². The van der Waals surface area contributed by atoms with Crippen LogP contribution in [0, 0.1) is 0 Å². The van der Waals surface area contributed by atoms with Crippen LogP contribution in [0.4, 0.5) is 26.3 Å². The number of carbonyl (C=O) groups excluding carboxylic acids is 1. The van der Waals surface area contributed by atoms with E-state index in [9.17, 15) is 31.1 Å². The van der Waals surface area contributed by atoms with E-state index in [1.807, 2.05) is 0 Å². The number of hydrogen-bond acceptors (Lipinski definition) is 5. The highest BCUT2D eigenvalue weighted by Gasteiger charge is 2.41. The van der Waals surface area contributed by atoms with Crippen LogP contribution in [0.15, 0.2) is 53.2 Å². The lowest BCUT2D eigenvalue weighted by atomic mass is 10.1. The molecule has 4 rings (SSSR count). The average Bonchev–Trinajstić information content (AvgIpc) is 3.40. The highest BCUT2D eigenvalue weighted by atomic mass is 19.4. The molecule has 0 aliphatic carbocycles. The highest BCUT2D eigenvalue weighted by molar-refractivity contribution is 5.94. The van der Waals surface area contributed by atoms with Crippen molar-refractivity contribution < 1.29 is 40.4 Å². The lowest BCUT2D eigenvalue weighted by molar-refractivity contribution is -0.191. The molecule has 0 unspecified atom stereocenters. The monoisotopic (exact) mass is 498 g/mol. The van der Waals surface area contributed by atoms with Crippen molar-refractivity contribution in [3.05, 3.63) is 54.2 Å². The minimum atomic E-state index is -5.01. The maximum absolute atomic E-state index is 13.6. The molecule has 0 aliphatic heterocycles. The van der Waals surface area contributed by atoms with Gasteiger partial charge < -0.3 is 19.6 Å². The molecule has 7 nitrogen and oxygen atoms in total. The lowest BCUT2D eigenvalue weighted by Crippen LogP contribution is -2.31. The van der Waals surface area contributed by atoms with Crippen LogP contribution in [-0.2, 0) is 17.5 Å². The summed E-state index contributed by atoms with van der Waals surface area (Å²) in [4.78, 5) is 15.4. The molecule has 2 aromatic carbocycles. The molecule has 0 spiro atoms. The Kier molecular flexibility index (Phi) is 5.95. The Hall–Kier alpha value is -4.03. The molecule has 0 radical (unpaired) electrons. The summed E-state index contributed by atoms with van der Waals surface area (Å²) in [6, 6.07) is 9.20. The first-order chi connectivity index (χ1) is 16.3. The summed E-state index contributed by atoms with van der Waals surface area (Å²) in [6.45, 7) is 0.543. The van der Waals surface area contributed by atoms with Crippen LogP contribution in [0.2, 0.25) is 0 Å². The number of carbonyl (C=O) groups is 1. The van der Waals surface area contributed by atoms with E-state index in [1.165, 1.54) is 0 Å². The number of rotatable bonds is 6. The van der Waals surface area contributed by atoms with Gasteiger partial charge in [-0.2, -0.15) is 31.3 Å². The van der Waals surface area contributed by atoms with Crippen LogP contribution in [0.3, 0.4) is 0 Å². The Morgan fingerprint density at radius 1 is 1.14 bits per heavy atom. The summed E-state index contributed by atoms with van der Waals surface area (Å²) in [5, 5.41) is 4.47. The smallest absolute Gasteiger partial charge is 0.425 e. The van der Waals surface area contributed by atoms with Gasteiger partial charge in [-0.1, -0.05) is 17.3 Å². The number of primary amides is 1. The fourth-order valence-corrected chi connectivity index (χ4v) is 3.42. The number of amides is 1. The molecule has 0 fully saturated rings. The van der Waals surface area contributed by atoms with Gasteiger partial charge in [0.05, 0.1) is 5.56 Å². The van der Waals surface area contributed by atoms with E-state index in [2.05, 4.69) is 14.9 Å². The predicted octanol–water partition coefficient (Wildman–Crippen LogP) is 5.19. The average molecular weight is 498 g/mol. The third kappa shape index (κ3) is 4.93. The summed E-state index contributed by atoms with van der Waals surface area (Å²) < 4.78 is 90.3. The van der Waals surface area contributed by atoms with Crippen molar-refractivity contribution in [3.8, 4) is 28.6 Å². The highest BCUT2D eigenvalue weighted by Crippen LogP contribution is 2.40. The topological polar surface area (TPSA) is 96.2 Å². The first-order valence-corrected chi connectivity index (χ1v) is 10.00. The molecule has 35 heavy (non-hydrogen) atoms. The molecule has 2 aromatic heterocycles. The zero-order valence-corrected chi connectivity index (χ0v) is 17.8. The Labute approximate surface area is 193 Å². The van der Waals surface area contributed by atoms with Gasteiger partial charge in [0.1, 0.15) is 12.3 Å². The van der Waals surface area contributed by atoms with Gasteiger partial charge in [0.25, 0.3) is 5.89 Å². The van der Waals surface area contributed by atoms with E-state index in [-0.39, 0.29) is 23.8 Å². The van der Waals surface area contributed by atoms with E-state index in [4.69, 9.17) is 10.3 Å². The molecule has 2 N–H and O–H groups in total. The number of nitrogens with zero attached hydrogens (tertiary/aromatic N) is 3. The van der Waals surface area contributed by atoms with Crippen molar-refractivity contribution in [3.63, 3.8) is 0 Å². The van der Waals surface area contributed by atoms with Crippen LogP contribution in [0.5, 0.6) is 5.75 Å². The Balaban J connectivity index is 1.71. The Bertz CT molecular complexity index is 1390. The van der Waals surface area contributed by atoms with Crippen LogP contribution in [0.1, 0.15) is 12.5 Å². The standard InChI is InChI=1S/C22H16F6N4O3/c1-11(21(23,24)25)34-17-6-5-12(9-15(17)22(26,27)28)20-30-19(31-35-20)14-3-2-4-16-13(14)7-8-32(16)10-18(29)33/h2-9,11H,10H2,1H3,(H2,29,33)/t11-/m0/s1. The molecule has 184 valence electrons. The van der Waals surface area contributed by atoms with Crippen molar-refractivity contribution in [2.75, 3.05) is 0 Å². The van der Waals surface area contributed by atoms with E-state index >= 15 is 0 Å². The number of halogens is 6. The van der Waals surface area contributed by atoms with Gasteiger partial charge >= 0.3 is 12.4 Å². The molecule has 0 saturated heterocycles. The van der Waals surface area contributed by atoms with Crippen LogP contribution in [0.25, 0.3) is 33.7 Å². The zero-order valence-electron chi connectivity index (χ0n) is 17.8. The largest absolute Gasteiger partial charge is 0.481 e. The first-order valence-electron chi connectivity index (χ1n) is 10.00. The predicted molar refractivity (Wildman–Crippen MR) is 111 cm³/mol. The molecule has 1 amide bonds. The van der Waals surface area contributed by atoms with Crippen LogP contribution >= 0.6 is 0 Å². The SMILES string of the molecule is C[C@H](Oc1ccc(-c2nc(-c3cccc4c3ccn4CC(N)=O)no2)cc1C(F)(F)F)C(F)(F)F. The maximum atomic E-state index is 13.6. The summed E-state index contributed by atoms with van der Waals surface area (Å²) >= 11 is 0. The quantitative estimate of drug-likeness (QED) is 0.369. The fraction of sp³-hybridized carbons (Fsp3) is 0.227. The second-order valence-electron chi connectivity index (χ2n) is 7.58. The summed E-state index contributed by atoms with van der Waals surface area (Å²) in [7, 11) is 0. The first kappa shape index (κ1) is 24.1. The molecule has 2 heterocycles. The van der Waals surface area contributed by atoms with E-state index in [0.29, 0.717) is 29.5 Å². The summed E-state index contributed by atoms with van der Waals surface area (Å²) in [5.74, 6) is -1.75. The van der Waals surface area contributed by atoms with Crippen molar-refractivity contribution in [1.29, 1.82) is 0 Å². The molecule has 0 bridgehead atoms. The third-order valence-corrected chi connectivity index (χ3v) is 5.10. The van der Waals surface area contributed by atoms with Crippen molar-refractivity contribution in [2.24, 2.45) is 5.73 Å². The Morgan fingerprint density at radius 3 is 2.54 bits per heavy atom. The van der Waals surface area contributed by atoms with Gasteiger partial charge in [0, 0.05) is 28.2 Å². The number of alkyl halides is 6. The maximum Gasteiger partial charge on any atom is 0.425 e. The van der Waals surface area contributed by atoms with Gasteiger partial charge in [-0.25, -0.2) is 0 Å². The number of hydrogen-bond donors (Lipinski definition) is 1. The zero-order chi connectivity index (χ0) is 25.5. The van der Waals surface area contributed by atoms with E-state index in [0.717, 1.165) is 12.1 Å². The number of aromatic nitrogens is 3. The fourth-order valence-electron chi connectivity index (χ4n) is 3.42. The summed E-state index contributed by atoms with van der Waals surface area (Å²) in [6.07, 6.45) is -10.7. The molecule has 1 atom stereocenters. The second kappa shape index (κ2) is 8.64. The number of fused-ring (bicyclic) bond motifs is 1. The lowest BCUT2D eigenvalue weighted by Gasteiger charge is -2.20. The van der Waals surface area contributed by atoms with Gasteiger partial charge in [-0.3, -0.25) is 4.79 Å². The second-order valence-corrected chi connectivity index (χ2v) is 7.58. The molecule has 13 heteroatoms. The molecule has 4 aromatic rings. The van der Waals surface area contributed by atoms with Gasteiger partial charge in [-0.05, 0) is 37.3 Å². The molecular formula is C22H16F6N4O3. The summed E-state index contributed by atoms with van der Waals surface area (Å²) in [5.41, 5.74) is 4.79. The number of ether oxygens (including phenoxy) is 1. The van der Waals surface area contributed by atoms with Crippen LogP contribution in [-0.4, -0.2) is 32.9 Å². The number of nitrogens with two attached hydrogens (primary N) is 1. The van der Waals surface area contributed by atoms with E-state index in [1.54, 1.807) is 35.0 Å². The van der Waals surface area contributed by atoms with Gasteiger partial charge in [-0.15, -0.1) is 0 Å². The van der Waals surface area contributed by atoms with Crippen molar-refractivity contribution in [2.45, 2.75) is 31.9 Å². The molecular weight excluding hydrogens is 482 g/mol. The third-order valence-electron chi connectivity index (χ3n) is 5.10. The minimum absolute atomic E-state index is 0.0574. The minimum Gasteiger partial charge on any atom is -0.481 e. The normalized spacial score (nSPS) is 13.2. The van der Waals surface area contributed by atoms with Gasteiger partial charge in [0.2, 0.25) is 11.7 Å². The molecule has 0 aliphatic rings.